The van der Waals surface area contributed by atoms with Gasteiger partial charge in [-0.2, -0.15) is 5.10 Å². The van der Waals surface area contributed by atoms with Crippen molar-refractivity contribution in [1.82, 2.24) is 9.78 Å². The lowest BCUT2D eigenvalue weighted by molar-refractivity contribution is -0.136. The summed E-state index contributed by atoms with van der Waals surface area (Å²) in [5.74, 6) is -0.566. The van der Waals surface area contributed by atoms with Crippen LogP contribution in [-0.2, 0) is 17.8 Å². The first kappa shape index (κ1) is 13.4. The summed E-state index contributed by atoms with van der Waals surface area (Å²) in [6.07, 6.45) is 0.232. The number of nitrogens with zero attached hydrogens (tertiary/aromatic N) is 2. The Balaban J connectivity index is 3.01. The minimum atomic E-state index is -0.894. The Morgan fingerprint density at radius 2 is 2.18 bits per heavy atom. The van der Waals surface area contributed by atoms with Crippen molar-refractivity contribution in [3.63, 3.8) is 0 Å². The molecular formula is C12H18N2O3. The van der Waals surface area contributed by atoms with Gasteiger partial charge < -0.3 is 5.11 Å². The average Bonchev–Trinajstić information content (AvgIpc) is 2.19. The monoisotopic (exact) mass is 238 g/mol. The van der Waals surface area contributed by atoms with Crippen molar-refractivity contribution in [2.75, 3.05) is 0 Å². The molecule has 0 radical (unpaired) electrons. The van der Waals surface area contributed by atoms with Gasteiger partial charge in [0.15, 0.2) is 0 Å². The van der Waals surface area contributed by atoms with Gasteiger partial charge in [0.25, 0.3) is 5.56 Å². The predicted molar refractivity (Wildman–Crippen MR) is 64.0 cm³/mol. The highest BCUT2D eigenvalue weighted by atomic mass is 16.4. The maximum Gasteiger partial charge on any atom is 0.303 e. The maximum atomic E-state index is 12.0. The zero-order chi connectivity index (χ0) is 13.0. The van der Waals surface area contributed by atoms with Crippen LogP contribution >= 0.6 is 0 Å². The molecule has 0 atom stereocenters. The second-order valence-corrected chi connectivity index (χ2v) is 4.59. The Morgan fingerprint density at radius 1 is 1.53 bits per heavy atom. The number of aryl methyl sites for hydroxylation is 2. The number of carboxylic acid groups (broad SMARTS) is 1. The van der Waals surface area contributed by atoms with Gasteiger partial charge in [-0.25, -0.2) is 4.68 Å². The fourth-order valence-electron chi connectivity index (χ4n) is 1.63. The predicted octanol–water partition coefficient (Wildman–Crippen LogP) is 1.22. The zero-order valence-corrected chi connectivity index (χ0v) is 10.4. The summed E-state index contributed by atoms with van der Waals surface area (Å²) in [4.78, 5) is 22.5. The molecule has 0 fully saturated rings. The normalized spacial score (nSPS) is 10.8. The molecule has 1 N–H and O–H groups in total. The van der Waals surface area contributed by atoms with E-state index in [4.69, 9.17) is 5.11 Å². The van der Waals surface area contributed by atoms with Gasteiger partial charge in [0.1, 0.15) is 0 Å². The van der Waals surface area contributed by atoms with Gasteiger partial charge >= 0.3 is 5.97 Å². The highest BCUT2D eigenvalue weighted by molar-refractivity contribution is 5.67. The summed E-state index contributed by atoms with van der Waals surface area (Å²) in [6, 6.07) is 1.67. The second kappa shape index (κ2) is 5.61. The van der Waals surface area contributed by atoms with Crippen LogP contribution in [0.1, 0.15) is 31.5 Å². The van der Waals surface area contributed by atoms with E-state index in [0.717, 1.165) is 5.69 Å². The third-order valence-corrected chi connectivity index (χ3v) is 2.32. The maximum absolute atomic E-state index is 12.0. The summed E-state index contributed by atoms with van der Waals surface area (Å²) in [7, 11) is 0. The van der Waals surface area contributed by atoms with Crippen LogP contribution in [-0.4, -0.2) is 20.9 Å². The summed E-state index contributed by atoms with van der Waals surface area (Å²) in [5, 5.41) is 12.8. The molecule has 94 valence electrons. The largest absolute Gasteiger partial charge is 0.481 e. The van der Waals surface area contributed by atoms with E-state index in [-0.39, 0.29) is 18.4 Å². The van der Waals surface area contributed by atoms with E-state index < -0.39 is 5.97 Å². The molecule has 0 unspecified atom stereocenters. The van der Waals surface area contributed by atoms with Crippen molar-refractivity contribution in [3.05, 3.63) is 27.7 Å². The molecule has 0 aliphatic carbocycles. The van der Waals surface area contributed by atoms with Crippen LogP contribution in [0.4, 0.5) is 0 Å². The third kappa shape index (κ3) is 4.01. The van der Waals surface area contributed by atoms with E-state index in [0.29, 0.717) is 18.0 Å². The second-order valence-electron chi connectivity index (χ2n) is 4.59. The molecule has 0 spiro atoms. The van der Waals surface area contributed by atoms with Crippen LogP contribution in [0.15, 0.2) is 10.9 Å². The van der Waals surface area contributed by atoms with Crippen molar-refractivity contribution >= 4 is 5.97 Å². The fourth-order valence-corrected chi connectivity index (χ4v) is 1.63. The highest BCUT2D eigenvalue weighted by Crippen LogP contribution is 2.02. The van der Waals surface area contributed by atoms with Crippen LogP contribution in [0.25, 0.3) is 0 Å². The van der Waals surface area contributed by atoms with E-state index >= 15 is 0 Å². The molecule has 1 heterocycles. The lowest BCUT2D eigenvalue weighted by atomic mass is 10.1. The molecule has 0 saturated heterocycles. The Hall–Kier alpha value is -1.65. The molecule has 17 heavy (non-hydrogen) atoms. The van der Waals surface area contributed by atoms with E-state index in [1.807, 2.05) is 13.8 Å². The lowest BCUT2D eigenvalue weighted by Crippen LogP contribution is -2.29. The molecule has 0 aliphatic heterocycles. The Bertz CT molecular complexity index is 463. The number of hydrogen-bond donors (Lipinski definition) is 1. The third-order valence-electron chi connectivity index (χ3n) is 2.32. The Morgan fingerprint density at radius 3 is 2.71 bits per heavy atom. The smallest absolute Gasteiger partial charge is 0.303 e. The molecule has 0 aromatic carbocycles. The minimum absolute atomic E-state index is 0.0274. The van der Waals surface area contributed by atoms with Crippen LogP contribution in [0.5, 0.6) is 0 Å². The number of carbonyl (C=O) groups is 1. The van der Waals surface area contributed by atoms with Crippen LogP contribution in [0.2, 0.25) is 0 Å². The Labute approximate surface area is 100 Å². The fraction of sp³-hybridized carbons (Fsp3) is 0.583. The van der Waals surface area contributed by atoms with Crippen molar-refractivity contribution < 1.29 is 9.90 Å². The van der Waals surface area contributed by atoms with Gasteiger partial charge in [-0.15, -0.1) is 0 Å². The molecule has 0 saturated carbocycles. The lowest BCUT2D eigenvalue weighted by Gasteiger charge is -2.10. The molecule has 0 amide bonds. The van der Waals surface area contributed by atoms with Gasteiger partial charge in [-0.3, -0.25) is 9.59 Å². The number of hydrogen-bond acceptors (Lipinski definition) is 3. The minimum Gasteiger partial charge on any atom is -0.481 e. The van der Waals surface area contributed by atoms with Crippen LogP contribution in [0, 0.1) is 12.8 Å². The van der Waals surface area contributed by atoms with E-state index in [2.05, 4.69) is 5.10 Å². The van der Waals surface area contributed by atoms with Gasteiger partial charge in [0.05, 0.1) is 5.69 Å². The van der Waals surface area contributed by atoms with Crippen molar-refractivity contribution in [2.45, 2.75) is 40.2 Å². The molecule has 0 aliphatic rings. The summed E-state index contributed by atoms with van der Waals surface area (Å²) >= 11 is 0. The van der Waals surface area contributed by atoms with Gasteiger partial charge in [-0.05, 0) is 25.3 Å². The van der Waals surface area contributed by atoms with E-state index in [1.165, 1.54) is 4.68 Å². The number of carboxylic acids is 1. The van der Waals surface area contributed by atoms with Crippen molar-refractivity contribution in [2.24, 2.45) is 5.92 Å². The van der Waals surface area contributed by atoms with Crippen LogP contribution in [0.3, 0.4) is 0 Å². The Kier molecular flexibility index (Phi) is 4.43. The molecule has 1 aromatic heterocycles. The molecule has 0 bridgehead atoms. The summed E-state index contributed by atoms with van der Waals surface area (Å²) in [6.45, 7) is 6.38. The molecular weight excluding hydrogens is 220 g/mol. The number of aromatic nitrogens is 2. The van der Waals surface area contributed by atoms with Gasteiger partial charge in [-0.1, -0.05) is 13.8 Å². The average molecular weight is 238 g/mol. The zero-order valence-electron chi connectivity index (χ0n) is 10.4. The molecule has 5 heteroatoms. The highest BCUT2D eigenvalue weighted by Gasteiger charge is 2.09. The first-order valence-corrected chi connectivity index (χ1v) is 5.69. The van der Waals surface area contributed by atoms with Crippen molar-refractivity contribution in [1.29, 1.82) is 0 Å². The van der Waals surface area contributed by atoms with E-state index in [1.54, 1.807) is 13.0 Å². The SMILES string of the molecule is Cc1cc(CCC(=O)O)c(=O)n(CC(C)C)n1. The first-order valence-electron chi connectivity index (χ1n) is 5.69. The summed E-state index contributed by atoms with van der Waals surface area (Å²) < 4.78 is 1.43. The van der Waals surface area contributed by atoms with Crippen molar-refractivity contribution in [3.8, 4) is 0 Å². The number of aliphatic carboxylic acids is 1. The molecule has 1 aromatic rings. The first-order chi connectivity index (χ1) is 7.90. The topological polar surface area (TPSA) is 72.2 Å². The van der Waals surface area contributed by atoms with Crippen LogP contribution < -0.4 is 5.56 Å². The standard InChI is InChI=1S/C12H18N2O3/c1-8(2)7-14-12(17)10(4-5-11(15)16)6-9(3)13-14/h6,8H,4-5,7H2,1-3H3,(H,15,16). The summed E-state index contributed by atoms with van der Waals surface area (Å²) in [5.41, 5.74) is 1.09. The molecule has 5 nitrogen and oxygen atoms in total. The van der Waals surface area contributed by atoms with Gasteiger partial charge in [0, 0.05) is 18.5 Å². The number of rotatable bonds is 5. The quantitative estimate of drug-likeness (QED) is 0.837. The molecule has 1 rings (SSSR count). The van der Waals surface area contributed by atoms with Gasteiger partial charge in [0.2, 0.25) is 0 Å². The van der Waals surface area contributed by atoms with E-state index in [9.17, 15) is 9.59 Å².